The number of ether oxygens (including phenoxy) is 1. The molecule has 4 rings (SSSR count). The van der Waals surface area contributed by atoms with E-state index in [0.717, 1.165) is 28.7 Å². The van der Waals surface area contributed by atoms with Gasteiger partial charge in [-0.3, -0.25) is 0 Å². The van der Waals surface area contributed by atoms with E-state index in [1.165, 1.54) is 12.1 Å². The van der Waals surface area contributed by atoms with Gasteiger partial charge in [0.15, 0.2) is 0 Å². The summed E-state index contributed by atoms with van der Waals surface area (Å²) in [4.78, 5) is 4.72. The van der Waals surface area contributed by atoms with Crippen molar-refractivity contribution in [3.05, 3.63) is 64.8 Å². The van der Waals surface area contributed by atoms with Crippen molar-refractivity contribution in [1.29, 1.82) is 0 Å². The molecular formula is C24H27FN2O4. The average Bonchev–Trinajstić information content (AvgIpc) is 3.08. The number of halogens is 1. The molecule has 0 aliphatic heterocycles. The van der Waals surface area contributed by atoms with Crippen LogP contribution in [0.3, 0.4) is 0 Å². The van der Waals surface area contributed by atoms with Gasteiger partial charge in [-0.05, 0) is 66.6 Å². The number of aryl methyl sites for hydroxylation is 2. The van der Waals surface area contributed by atoms with E-state index in [2.05, 4.69) is 19.0 Å². The molecule has 6 nitrogen and oxygen atoms in total. The van der Waals surface area contributed by atoms with Gasteiger partial charge in [0, 0.05) is 5.56 Å². The van der Waals surface area contributed by atoms with Gasteiger partial charge in [0.25, 0.3) is 0 Å². The maximum atomic E-state index is 13.5. The predicted molar refractivity (Wildman–Crippen MR) is 113 cm³/mol. The third kappa shape index (κ3) is 3.72. The summed E-state index contributed by atoms with van der Waals surface area (Å²) in [6, 6.07) is 10.3. The van der Waals surface area contributed by atoms with Gasteiger partial charge in [0.05, 0.1) is 12.0 Å². The molecule has 2 aromatic carbocycles. The van der Waals surface area contributed by atoms with Gasteiger partial charge in [0.1, 0.15) is 24.3 Å². The second kappa shape index (κ2) is 7.73. The van der Waals surface area contributed by atoms with Crippen molar-refractivity contribution < 1.29 is 23.9 Å². The van der Waals surface area contributed by atoms with Crippen LogP contribution in [0.15, 0.2) is 40.9 Å². The van der Waals surface area contributed by atoms with Crippen molar-refractivity contribution >= 4 is 0 Å². The Hall–Kier alpha value is -2.77. The van der Waals surface area contributed by atoms with Gasteiger partial charge in [-0.25, -0.2) is 4.39 Å². The van der Waals surface area contributed by atoms with E-state index >= 15 is 0 Å². The van der Waals surface area contributed by atoms with E-state index in [9.17, 15) is 9.50 Å². The van der Waals surface area contributed by atoms with Crippen LogP contribution in [0.25, 0.3) is 11.4 Å². The lowest BCUT2D eigenvalue weighted by Crippen LogP contribution is -2.21. The van der Waals surface area contributed by atoms with Crippen LogP contribution in [0.5, 0.6) is 5.75 Å². The molecule has 2 atom stereocenters. The van der Waals surface area contributed by atoms with E-state index in [-0.39, 0.29) is 24.4 Å². The van der Waals surface area contributed by atoms with Crippen molar-refractivity contribution in [2.45, 2.75) is 45.6 Å². The molecule has 1 unspecified atom stereocenters. The number of hydrogen-bond donors (Lipinski definition) is 2. The van der Waals surface area contributed by atoms with Crippen LogP contribution >= 0.6 is 0 Å². The Kier molecular flexibility index (Phi) is 5.35. The zero-order valence-electron chi connectivity index (χ0n) is 18.1. The summed E-state index contributed by atoms with van der Waals surface area (Å²) in [6.07, 6.45) is -0.0894. The fraction of sp³-hybridized carbons (Fsp3) is 0.417. The van der Waals surface area contributed by atoms with Crippen molar-refractivity contribution in [3.63, 3.8) is 0 Å². The van der Waals surface area contributed by atoms with Crippen LogP contribution in [-0.4, -0.2) is 39.7 Å². The fourth-order valence-electron chi connectivity index (χ4n) is 4.39. The lowest BCUT2D eigenvalue weighted by Gasteiger charge is -2.17. The van der Waals surface area contributed by atoms with Crippen molar-refractivity contribution in [2.75, 3.05) is 13.2 Å². The van der Waals surface area contributed by atoms with Crippen LogP contribution in [0, 0.1) is 25.1 Å². The Balaban J connectivity index is 1.65. The highest BCUT2D eigenvalue weighted by atomic mass is 19.1. The minimum atomic E-state index is -0.928. The first-order chi connectivity index (χ1) is 14.7. The van der Waals surface area contributed by atoms with Gasteiger partial charge in [-0.2, -0.15) is 4.98 Å². The average molecular weight is 426 g/mol. The van der Waals surface area contributed by atoms with E-state index in [1.54, 1.807) is 12.1 Å². The summed E-state index contributed by atoms with van der Waals surface area (Å²) >= 11 is 0. The standard InChI is InChI=1S/C24H27FN2O4/c1-14-9-16(10-15(2)20(14)30-12-19(29)11-28)21-26-22(31-27-21)24(13-23(24,3)4)17-5-7-18(25)8-6-17/h5-10,19,28-29H,11-13H2,1-4H3/t19-,24?/m0/s1. The van der Waals surface area contributed by atoms with Gasteiger partial charge in [-0.15, -0.1) is 0 Å². The lowest BCUT2D eigenvalue weighted by atomic mass is 9.87. The van der Waals surface area contributed by atoms with E-state index in [0.29, 0.717) is 17.5 Å². The summed E-state index contributed by atoms with van der Waals surface area (Å²) in [5.41, 5.74) is 2.99. The Morgan fingerprint density at radius 3 is 2.32 bits per heavy atom. The number of aromatic nitrogens is 2. The first-order valence-corrected chi connectivity index (χ1v) is 10.3. The number of aliphatic hydroxyl groups excluding tert-OH is 2. The Bertz CT molecular complexity index is 1070. The SMILES string of the molecule is Cc1cc(-c2noc(C3(c4ccc(F)cc4)CC3(C)C)n2)cc(C)c1OC[C@@H](O)CO. The number of hydrogen-bond acceptors (Lipinski definition) is 6. The highest BCUT2D eigenvalue weighted by Crippen LogP contribution is 2.67. The number of aliphatic hydroxyl groups is 2. The highest BCUT2D eigenvalue weighted by Gasteiger charge is 2.66. The molecule has 2 N–H and O–H groups in total. The summed E-state index contributed by atoms with van der Waals surface area (Å²) < 4.78 is 24.8. The molecule has 1 aliphatic rings. The molecule has 0 spiro atoms. The number of benzene rings is 2. The van der Waals surface area contributed by atoms with Crippen LogP contribution < -0.4 is 4.74 Å². The molecule has 7 heteroatoms. The third-order valence-electron chi connectivity index (χ3n) is 6.21. The molecule has 31 heavy (non-hydrogen) atoms. The van der Waals surface area contributed by atoms with Crippen LogP contribution in [-0.2, 0) is 5.41 Å². The third-order valence-corrected chi connectivity index (χ3v) is 6.21. The maximum Gasteiger partial charge on any atom is 0.238 e. The molecule has 1 aliphatic carbocycles. The molecule has 1 saturated carbocycles. The predicted octanol–water partition coefficient (Wildman–Crippen LogP) is 3.94. The second-order valence-electron chi connectivity index (χ2n) is 8.98. The Labute approximate surface area is 180 Å². The van der Waals surface area contributed by atoms with Crippen LogP contribution in [0.1, 0.15) is 42.8 Å². The molecule has 0 amide bonds. The van der Waals surface area contributed by atoms with Crippen molar-refractivity contribution in [2.24, 2.45) is 5.41 Å². The topological polar surface area (TPSA) is 88.6 Å². The molecular weight excluding hydrogens is 399 g/mol. The molecule has 0 saturated heterocycles. The molecule has 1 heterocycles. The Morgan fingerprint density at radius 2 is 1.77 bits per heavy atom. The van der Waals surface area contributed by atoms with Gasteiger partial charge < -0.3 is 19.5 Å². The largest absolute Gasteiger partial charge is 0.490 e. The smallest absolute Gasteiger partial charge is 0.238 e. The monoisotopic (exact) mass is 426 g/mol. The summed E-state index contributed by atoms with van der Waals surface area (Å²) in [7, 11) is 0. The molecule has 0 radical (unpaired) electrons. The molecule has 164 valence electrons. The van der Waals surface area contributed by atoms with Gasteiger partial charge >= 0.3 is 0 Å². The first-order valence-electron chi connectivity index (χ1n) is 10.3. The van der Waals surface area contributed by atoms with Crippen LogP contribution in [0.2, 0.25) is 0 Å². The minimum absolute atomic E-state index is 0.0131. The summed E-state index contributed by atoms with van der Waals surface area (Å²) in [5, 5.41) is 22.7. The van der Waals surface area contributed by atoms with Gasteiger partial charge in [0.2, 0.25) is 11.7 Å². The quantitative estimate of drug-likeness (QED) is 0.595. The first kappa shape index (κ1) is 21.5. The zero-order valence-corrected chi connectivity index (χ0v) is 18.1. The maximum absolute atomic E-state index is 13.5. The van der Waals surface area contributed by atoms with Crippen molar-refractivity contribution in [1.82, 2.24) is 10.1 Å². The van der Waals surface area contributed by atoms with E-state index in [1.807, 2.05) is 26.0 Å². The van der Waals surface area contributed by atoms with Crippen LogP contribution in [0.4, 0.5) is 4.39 Å². The van der Waals surface area contributed by atoms with E-state index in [4.69, 9.17) is 19.4 Å². The summed E-state index contributed by atoms with van der Waals surface area (Å²) in [6.45, 7) is 7.75. The number of nitrogens with zero attached hydrogens (tertiary/aromatic N) is 2. The second-order valence-corrected chi connectivity index (χ2v) is 8.98. The highest BCUT2D eigenvalue weighted by molar-refractivity contribution is 5.61. The molecule has 3 aromatic rings. The minimum Gasteiger partial charge on any atom is -0.490 e. The van der Waals surface area contributed by atoms with Gasteiger partial charge in [-0.1, -0.05) is 31.1 Å². The fourth-order valence-corrected chi connectivity index (χ4v) is 4.39. The normalized spacial score (nSPS) is 20.5. The van der Waals surface area contributed by atoms with Crippen molar-refractivity contribution in [3.8, 4) is 17.1 Å². The molecule has 0 bridgehead atoms. The number of rotatable bonds is 7. The Morgan fingerprint density at radius 1 is 1.16 bits per heavy atom. The summed E-state index contributed by atoms with van der Waals surface area (Å²) in [5.74, 6) is 1.39. The molecule has 1 aromatic heterocycles. The zero-order chi connectivity index (χ0) is 22.4. The van der Waals surface area contributed by atoms with E-state index < -0.39 is 11.5 Å². The lowest BCUT2D eigenvalue weighted by molar-refractivity contribution is 0.0532. The molecule has 1 fully saturated rings.